The van der Waals surface area contributed by atoms with Gasteiger partial charge in [-0.3, -0.25) is 19.7 Å². The molecule has 4 N–H and O–H groups in total. The molecule has 0 radical (unpaired) electrons. The first-order chi connectivity index (χ1) is 11.0. The van der Waals surface area contributed by atoms with Crippen molar-refractivity contribution in [1.82, 2.24) is 5.32 Å². The summed E-state index contributed by atoms with van der Waals surface area (Å²) in [5.41, 5.74) is 7.32. The van der Waals surface area contributed by atoms with Crippen LogP contribution in [0.2, 0.25) is 0 Å². The molecule has 23 heavy (non-hydrogen) atoms. The Morgan fingerprint density at radius 2 is 2.13 bits per heavy atom. The summed E-state index contributed by atoms with van der Waals surface area (Å²) in [4.78, 5) is 33.2. The maximum Gasteiger partial charge on any atom is 0.303 e. The van der Waals surface area contributed by atoms with Gasteiger partial charge < -0.3 is 15.6 Å². The highest BCUT2D eigenvalue weighted by Gasteiger charge is 2.23. The minimum Gasteiger partial charge on any atom is -0.494 e. The number of carboxylic acid groups (broad SMARTS) is 1. The Hall–Kier alpha value is -2.83. The smallest absolute Gasteiger partial charge is 0.303 e. The van der Waals surface area contributed by atoms with Gasteiger partial charge in [-0.05, 0) is 37.1 Å². The lowest BCUT2D eigenvalue weighted by atomic mass is 10.1. The summed E-state index contributed by atoms with van der Waals surface area (Å²) in [6.07, 6.45) is 2.91. The van der Waals surface area contributed by atoms with Gasteiger partial charge in [0.2, 0.25) is 5.91 Å². The quantitative estimate of drug-likeness (QED) is 0.302. The summed E-state index contributed by atoms with van der Waals surface area (Å²) in [5, 5.41) is 10.8. The van der Waals surface area contributed by atoms with Crippen LogP contribution in [0.15, 0.2) is 23.8 Å². The lowest BCUT2D eigenvalue weighted by Crippen LogP contribution is -2.19. The van der Waals surface area contributed by atoms with Gasteiger partial charge in [-0.2, -0.15) is 0 Å². The van der Waals surface area contributed by atoms with Crippen LogP contribution < -0.4 is 15.8 Å². The molecule has 0 spiro atoms. The van der Waals surface area contributed by atoms with Crippen LogP contribution >= 0.6 is 0 Å². The van der Waals surface area contributed by atoms with Crippen LogP contribution in [0.4, 0.5) is 5.69 Å². The summed E-state index contributed by atoms with van der Waals surface area (Å²) in [6, 6.07) is 5.05. The van der Waals surface area contributed by atoms with Crippen LogP contribution in [0.1, 0.15) is 31.2 Å². The van der Waals surface area contributed by atoms with Crippen molar-refractivity contribution in [3.63, 3.8) is 0 Å². The van der Waals surface area contributed by atoms with Crippen molar-refractivity contribution in [3.05, 3.63) is 29.3 Å². The average molecular weight is 318 g/mol. The zero-order valence-corrected chi connectivity index (χ0v) is 12.5. The summed E-state index contributed by atoms with van der Waals surface area (Å²) in [5.74, 6) is -0.984. The number of nitrogens with one attached hydrogen (secondary N) is 1. The highest BCUT2D eigenvalue weighted by molar-refractivity contribution is 6.15. The second kappa shape index (κ2) is 7.44. The maximum absolute atomic E-state index is 11.6. The zero-order valence-electron chi connectivity index (χ0n) is 12.5. The Morgan fingerprint density at radius 1 is 1.35 bits per heavy atom. The molecule has 0 atom stereocenters. The molecule has 2 rings (SSSR count). The Kier molecular flexibility index (Phi) is 5.35. The van der Waals surface area contributed by atoms with Crippen LogP contribution in [0, 0.1) is 0 Å². The number of hydrogen-bond acceptors (Lipinski definition) is 5. The van der Waals surface area contributed by atoms with Gasteiger partial charge in [-0.1, -0.05) is 0 Å². The van der Waals surface area contributed by atoms with Crippen LogP contribution in [-0.2, 0) is 14.4 Å². The molecule has 0 saturated carbocycles. The molecule has 0 aliphatic carbocycles. The molecule has 0 bridgehead atoms. The number of rotatable bonds is 7. The molecule has 7 nitrogen and oxygen atoms in total. The number of aliphatic carboxylic acids is 1. The third-order valence-corrected chi connectivity index (χ3v) is 3.34. The SMILES string of the molecule is Nc1ccc(OCCCCC(=O)O)cc1C=C1CC(=O)NC1=O. The van der Waals surface area contributed by atoms with E-state index >= 15 is 0 Å². The monoisotopic (exact) mass is 318 g/mol. The van der Waals surface area contributed by atoms with Gasteiger partial charge in [0, 0.05) is 23.2 Å². The molecule has 2 amide bonds. The van der Waals surface area contributed by atoms with Crippen LogP contribution in [-0.4, -0.2) is 29.5 Å². The van der Waals surface area contributed by atoms with Gasteiger partial charge in [-0.15, -0.1) is 0 Å². The number of carbonyl (C=O) groups excluding carboxylic acids is 2. The van der Waals surface area contributed by atoms with Crippen molar-refractivity contribution in [2.75, 3.05) is 12.3 Å². The first-order valence-corrected chi connectivity index (χ1v) is 7.24. The molecule has 1 saturated heterocycles. The van der Waals surface area contributed by atoms with Crippen molar-refractivity contribution in [2.24, 2.45) is 0 Å². The van der Waals surface area contributed by atoms with E-state index < -0.39 is 11.9 Å². The fraction of sp³-hybridized carbons (Fsp3) is 0.312. The number of amides is 2. The minimum atomic E-state index is -0.823. The predicted octanol–water partition coefficient (Wildman–Crippen LogP) is 1.33. The zero-order chi connectivity index (χ0) is 16.8. The molecule has 0 aromatic heterocycles. The fourth-order valence-electron chi connectivity index (χ4n) is 2.14. The van der Waals surface area contributed by atoms with E-state index in [4.69, 9.17) is 15.6 Å². The molecular formula is C16H18N2O5. The van der Waals surface area contributed by atoms with E-state index in [2.05, 4.69) is 5.32 Å². The topological polar surface area (TPSA) is 119 Å². The van der Waals surface area contributed by atoms with Gasteiger partial charge in [0.05, 0.1) is 13.0 Å². The number of nitrogen functional groups attached to an aromatic ring is 1. The standard InChI is InChI=1S/C16H18N2O5/c17-13-5-4-12(23-6-2-1-3-15(20)21)8-10(13)7-11-9-14(19)18-16(11)22/h4-5,7-8H,1-3,6,9,17H2,(H,20,21)(H,18,19,22). The maximum atomic E-state index is 11.6. The molecule has 1 aromatic carbocycles. The van der Waals surface area contributed by atoms with Gasteiger partial charge in [-0.25, -0.2) is 0 Å². The lowest BCUT2D eigenvalue weighted by molar-refractivity contribution is -0.137. The van der Waals surface area contributed by atoms with E-state index in [1.54, 1.807) is 24.3 Å². The number of imide groups is 1. The number of anilines is 1. The van der Waals surface area contributed by atoms with Crippen molar-refractivity contribution in [2.45, 2.75) is 25.7 Å². The highest BCUT2D eigenvalue weighted by Crippen LogP contribution is 2.24. The van der Waals surface area contributed by atoms with E-state index in [0.29, 0.717) is 42.0 Å². The van der Waals surface area contributed by atoms with Crippen LogP contribution in [0.5, 0.6) is 5.75 Å². The van der Waals surface area contributed by atoms with E-state index in [1.807, 2.05) is 0 Å². The van der Waals surface area contributed by atoms with Gasteiger partial charge >= 0.3 is 5.97 Å². The normalized spacial score (nSPS) is 15.7. The van der Waals surface area contributed by atoms with Crippen LogP contribution in [0.3, 0.4) is 0 Å². The van der Waals surface area contributed by atoms with Gasteiger partial charge in [0.1, 0.15) is 5.75 Å². The van der Waals surface area contributed by atoms with E-state index in [9.17, 15) is 14.4 Å². The number of benzene rings is 1. The average Bonchev–Trinajstić information content (AvgIpc) is 2.79. The number of nitrogens with two attached hydrogens (primary N) is 1. The van der Waals surface area contributed by atoms with E-state index in [-0.39, 0.29) is 18.7 Å². The first-order valence-electron chi connectivity index (χ1n) is 7.24. The van der Waals surface area contributed by atoms with Crippen molar-refractivity contribution < 1.29 is 24.2 Å². The molecule has 1 fully saturated rings. The summed E-state index contributed by atoms with van der Waals surface area (Å²) in [7, 11) is 0. The summed E-state index contributed by atoms with van der Waals surface area (Å²) in [6.45, 7) is 0.395. The van der Waals surface area contributed by atoms with E-state index in [0.717, 1.165) is 0 Å². The van der Waals surface area contributed by atoms with Crippen LogP contribution in [0.25, 0.3) is 6.08 Å². The van der Waals surface area contributed by atoms with E-state index in [1.165, 1.54) is 0 Å². The first kappa shape index (κ1) is 16.5. The molecular weight excluding hydrogens is 300 g/mol. The fourth-order valence-corrected chi connectivity index (χ4v) is 2.14. The Morgan fingerprint density at radius 3 is 2.78 bits per heavy atom. The third-order valence-electron chi connectivity index (χ3n) is 3.34. The van der Waals surface area contributed by atoms with Gasteiger partial charge in [0.15, 0.2) is 0 Å². The Labute approximate surface area is 133 Å². The lowest BCUT2D eigenvalue weighted by Gasteiger charge is -2.08. The highest BCUT2D eigenvalue weighted by atomic mass is 16.5. The third kappa shape index (κ3) is 4.84. The van der Waals surface area contributed by atoms with Crippen molar-refractivity contribution in [3.8, 4) is 5.75 Å². The number of carboxylic acids is 1. The summed E-state index contributed by atoms with van der Waals surface area (Å²) >= 11 is 0. The molecule has 1 aromatic rings. The number of carbonyl (C=O) groups is 3. The number of hydrogen-bond donors (Lipinski definition) is 3. The van der Waals surface area contributed by atoms with Crippen molar-refractivity contribution >= 4 is 29.5 Å². The Balaban J connectivity index is 1.99. The molecule has 7 heteroatoms. The number of ether oxygens (including phenoxy) is 1. The second-order valence-electron chi connectivity index (χ2n) is 5.21. The second-order valence-corrected chi connectivity index (χ2v) is 5.21. The molecule has 1 heterocycles. The molecule has 122 valence electrons. The van der Waals surface area contributed by atoms with Gasteiger partial charge in [0.25, 0.3) is 5.91 Å². The number of unbranched alkanes of at least 4 members (excludes halogenated alkanes) is 1. The Bertz CT molecular complexity index is 666. The largest absolute Gasteiger partial charge is 0.494 e. The molecule has 1 aliphatic rings. The summed E-state index contributed by atoms with van der Waals surface area (Å²) < 4.78 is 5.55. The predicted molar refractivity (Wildman–Crippen MR) is 83.6 cm³/mol. The van der Waals surface area contributed by atoms with Crippen molar-refractivity contribution in [1.29, 1.82) is 0 Å². The molecule has 0 unspecified atom stereocenters. The minimum absolute atomic E-state index is 0.0402. The molecule has 1 aliphatic heterocycles.